The number of amides is 1. The number of rotatable bonds is 4. The number of aromatic nitrogens is 1. The van der Waals surface area contributed by atoms with Gasteiger partial charge in [-0.3, -0.25) is 9.78 Å². The van der Waals surface area contributed by atoms with Crippen LogP contribution in [-0.4, -0.2) is 17.4 Å². The number of hydrogen-bond donors (Lipinski definition) is 1. The Hall–Kier alpha value is -1.38. The van der Waals surface area contributed by atoms with Crippen LogP contribution in [0, 0.1) is 5.92 Å². The van der Waals surface area contributed by atoms with Gasteiger partial charge in [-0.05, 0) is 36.3 Å². The minimum atomic E-state index is -0.0313. The van der Waals surface area contributed by atoms with Crippen LogP contribution in [0.2, 0.25) is 0 Å². The van der Waals surface area contributed by atoms with Gasteiger partial charge in [0.1, 0.15) is 5.69 Å². The van der Waals surface area contributed by atoms with E-state index in [1.54, 1.807) is 6.20 Å². The molecule has 1 amide bonds. The van der Waals surface area contributed by atoms with Gasteiger partial charge in [-0.25, -0.2) is 0 Å². The highest BCUT2D eigenvalue weighted by atomic mass is 16.1. The first-order chi connectivity index (χ1) is 7.68. The molecule has 0 radical (unpaired) electrons. The van der Waals surface area contributed by atoms with E-state index < -0.39 is 0 Å². The number of carbonyl (C=O) groups is 1. The van der Waals surface area contributed by atoms with Crippen LogP contribution in [0.25, 0.3) is 0 Å². The van der Waals surface area contributed by atoms with Crippen LogP contribution in [0.3, 0.4) is 0 Å². The number of pyridine rings is 1. The summed E-state index contributed by atoms with van der Waals surface area (Å²) in [6.07, 6.45) is 4.18. The number of carbonyl (C=O) groups excluding carboxylic acids is 1. The monoisotopic (exact) mass is 218 g/mol. The van der Waals surface area contributed by atoms with Crippen molar-refractivity contribution in [1.82, 2.24) is 10.3 Å². The smallest absolute Gasteiger partial charge is 0.270 e. The summed E-state index contributed by atoms with van der Waals surface area (Å²) < 4.78 is 0. The van der Waals surface area contributed by atoms with Crippen LogP contribution in [0.1, 0.15) is 48.7 Å². The minimum absolute atomic E-state index is 0.0313. The normalized spacial score (nSPS) is 15.2. The highest BCUT2D eigenvalue weighted by Gasteiger charge is 2.23. The van der Waals surface area contributed by atoms with Crippen LogP contribution in [-0.2, 0) is 0 Å². The lowest BCUT2D eigenvalue weighted by atomic mass is 10.0. The topological polar surface area (TPSA) is 42.0 Å². The summed E-state index contributed by atoms with van der Waals surface area (Å²) in [6, 6.07) is 3.86. The predicted molar refractivity (Wildman–Crippen MR) is 63.4 cm³/mol. The maximum atomic E-state index is 11.9. The third kappa shape index (κ3) is 2.60. The van der Waals surface area contributed by atoms with Gasteiger partial charge in [0.15, 0.2) is 0 Å². The molecule has 0 aromatic carbocycles. The molecule has 3 nitrogen and oxygen atoms in total. The van der Waals surface area contributed by atoms with Crippen molar-refractivity contribution in [2.75, 3.05) is 6.54 Å². The van der Waals surface area contributed by atoms with Gasteiger partial charge >= 0.3 is 0 Å². The number of nitrogens with one attached hydrogen (secondary N) is 1. The van der Waals surface area contributed by atoms with Crippen LogP contribution >= 0.6 is 0 Å². The van der Waals surface area contributed by atoms with Crippen molar-refractivity contribution in [1.29, 1.82) is 0 Å². The average molecular weight is 218 g/mol. The van der Waals surface area contributed by atoms with Crippen molar-refractivity contribution < 1.29 is 4.79 Å². The van der Waals surface area contributed by atoms with E-state index in [-0.39, 0.29) is 5.91 Å². The molecule has 0 spiro atoms. The van der Waals surface area contributed by atoms with E-state index >= 15 is 0 Å². The molecule has 0 aliphatic heterocycles. The Bertz CT molecular complexity index is 383. The Morgan fingerprint density at radius 2 is 2.31 bits per heavy atom. The van der Waals surface area contributed by atoms with Crippen molar-refractivity contribution in [3.05, 3.63) is 29.6 Å². The summed E-state index contributed by atoms with van der Waals surface area (Å²) in [5.74, 6) is 1.00. The second kappa shape index (κ2) is 4.64. The van der Waals surface area contributed by atoms with Crippen LogP contribution < -0.4 is 5.32 Å². The first kappa shape index (κ1) is 11.1. The van der Waals surface area contributed by atoms with Gasteiger partial charge < -0.3 is 5.32 Å². The Morgan fingerprint density at radius 3 is 2.94 bits per heavy atom. The third-order valence-electron chi connectivity index (χ3n) is 2.92. The average Bonchev–Trinajstić information content (AvgIpc) is 3.09. The van der Waals surface area contributed by atoms with E-state index in [2.05, 4.69) is 24.1 Å². The number of nitrogens with zero attached hydrogens (tertiary/aromatic N) is 1. The zero-order chi connectivity index (χ0) is 11.5. The summed E-state index contributed by atoms with van der Waals surface area (Å²) in [5, 5.41) is 2.95. The molecular formula is C13H18N2O. The van der Waals surface area contributed by atoms with Gasteiger partial charge in [-0.2, -0.15) is 0 Å². The Kier molecular flexibility index (Phi) is 3.22. The molecule has 3 heteroatoms. The minimum Gasteiger partial charge on any atom is -0.350 e. The van der Waals surface area contributed by atoms with Gasteiger partial charge in [0.25, 0.3) is 5.91 Å². The zero-order valence-corrected chi connectivity index (χ0v) is 9.86. The summed E-state index contributed by atoms with van der Waals surface area (Å²) in [7, 11) is 0. The highest BCUT2D eigenvalue weighted by Crippen LogP contribution is 2.27. The summed E-state index contributed by atoms with van der Waals surface area (Å²) >= 11 is 0. The Morgan fingerprint density at radius 1 is 1.56 bits per heavy atom. The molecule has 1 aliphatic rings. The first-order valence-electron chi connectivity index (χ1n) is 5.91. The van der Waals surface area contributed by atoms with Crippen molar-refractivity contribution >= 4 is 5.91 Å². The van der Waals surface area contributed by atoms with Crippen molar-refractivity contribution in [3.63, 3.8) is 0 Å². The Balaban J connectivity index is 2.08. The molecule has 1 saturated carbocycles. The maximum absolute atomic E-state index is 11.9. The van der Waals surface area contributed by atoms with E-state index in [0.29, 0.717) is 17.5 Å². The molecule has 2 rings (SSSR count). The lowest BCUT2D eigenvalue weighted by Crippen LogP contribution is -2.27. The molecule has 0 saturated heterocycles. The molecule has 16 heavy (non-hydrogen) atoms. The molecule has 1 aromatic heterocycles. The van der Waals surface area contributed by atoms with Crippen LogP contribution in [0.5, 0.6) is 0 Å². The molecule has 0 unspecified atom stereocenters. The van der Waals surface area contributed by atoms with Crippen molar-refractivity contribution in [2.24, 2.45) is 5.92 Å². The second-order valence-corrected chi connectivity index (χ2v) is 4.75. The zero-order valence-electron chi connectivity index (χ0n) is 9.86. The van der Waals surface area contributed by atoms with Crippen LogP contribution in [0.15, 0.2) is 18.3 Å². The fourth-order valence-electron chi connectivity index (χ4n) is 1.72. The molecule has 1 aromatic rings. The molecule has 1 fully saturated rings. The molecule has 86 valence electrons. The summed E-state index contributed by atoms with van der Waals surface area (Å²) in [6.45, 7) is 4.95. The second-order valence-electron chi connectivity index (χ2n) is 4.75. The molecule has 1 N–H and O–H groups in total. The van der Waals surface area contributed by atoms with Gasteiger partial charge in [0.05, 0.1) is 0 Å². The molecule has 1 aliphatic carbocycles. The largest absolute Gasteiger partial charge is 0.350 e. The summed E-state index contributed by atoms with van der Waals surface area (Å²) in [4.78, 5) is 16.1. The standard InChI is InChI=1S/C13H18N2O/c1-9(2)11-4-3-7-14-12(11)13(16)15-8-10-5-6-10/h3-4,7,9-10H,5-6,8H2,1-2H3,(H,15,16). The lowest BCUT2D eigenvalue weighted by molar-refractivity contribution is 0.0945. The third-order valence-corrected chi connectivity index (χ3v) is 2.92. The maximum Gasteiger partial charge on any atom is 0.270 e. The molecule has 1 heterocycles. The summed E-state index contributed by atoms with van der Waals surface area (Å²) in [5.41, 5.74) is 1.61. The molecule has 0 bridgehead atoms. The van der Waals surface area contributed by atoms with Crippen molar-refractivity contribution in [3.8, 4) is 0 Å². The van der Waals surface area contributed by atoms with E-state index in [9.17, 15) is 4.79 Å². The van der Waals surface area contributed by atoms with E-state index in [4.69, 9.17) is 0 Å². The van der Waals surface area contributed by atoms with Gasteiger partial charge in [0, 0.05) is 12.7 Å². The van der Waals surface area contributed by atoms with E-state index in [1.165, 1.54) is 12.8 Å². The highest BCUT2D eigenvalue weighted by molar-refractivity contribution is 5.93. The lowest BCUT2D eigenvalue weighted by Gasteiger charge is -2.11. The van der Waals surface area contributed by atoms with Crippen molar-refractivity contribution in [2.45, 2.75) is 32.6 Å². The Labute approximate surface area is 96.3 Å². The van der Waals surface area contributed by atoms with Gasteiger partial charge in [-0.1, -0.05) is 19.9 Å². The van der Waals surface area contributed by atoms with Gasteiger partial charge in [-0.15, -0.1) is 0 Å². The van der Waals surface area contributed by atoms with Crippen LogP contribution in [0.4, 0.5) is 0 Å². The van der Waals surface area contributed by atoms with E-state index in [1.807, 2.05) is 12.1 Å². The molecule has 0 atom stereocenters. The van der Waals surface area contributed by atoms with E-state index in [0.717, 1.165) is 12.1 Å². The number of hydrogen-bond acceptors (Lipinski definition) is 2. The van der Waals surface area contributed by atoms with Gasteiger partial charge in [0.2, 0.25) is 0 Å². The fraction of sp³-hybridized carbons (Fsp3) is 0.538. The molecular weight excluding hydrogens is 200 g/mol. The fourth-order valence-corrected chi connectivity index (χ4v) is 1.72. The quantitative estimate of drug-likeness (QED) is 0.842. The first-order valence-corrected chi connectivity index (χ1v) is 5.91. The predicted octanol–water partition coefficient (Wildman–Crippen LogP) is 2.34. The SMILES string of the molecule is CC(C)c1cccnc1C(=O)NCC1CC1.